The van der Waals surface area contributed by atoms with Gasteiger partial charge in [-0.15, -0.1) is 11.8 Å². The Morgan fingerprint density at radius 2 is 1.96 bits per heavy atom. The van der Waals surface area contributed by atoms with Crippen LogP contribution in [0.2, 0.25) is 0 Å². The number of amides is 2. The molecule has 2 amide bonds. The summed E-state index contributed by atoms with van der Waals surface area (Å²) in [5, 5.41) is 16.4. The molecule has 2 aromatic carbocycles. The molecule has 0 saturated carbocycles. The standard InChI is InChI=1S/C20H21N3O3S/c1-23-9-8-13-10-14(6-7-17(13)23)18(24)12-21-19(25)20(26)22-15-4-3-5-16(11-15)27-2/h3-11,18,24H,12H2,1-2H3,(H,21,25)(H,22,26). The Kier molecular flexibility index (Phi) is 5.83. The molecule has 0 bridgehead atoms. The molecule has 6 nitrogen and oxygen atoms in total. The summed E-state index contributed by atoms with van der Waals surface area (Å²) in [5.41, 5.74) is 2.29. The molecule has 0 spiro atoms. The first-order valence-corrected chi connectivity index (χ1v) is 9.66. The van der Waals surface area contributed by atoms with Crippen LogP contribution < -0.4 is 10.6 Å². The molecule has 1 atom stereocenters. The monoisotopic (exact) mass is 383 g/mol. The first-order chi connectivity index (χ1) is 13.0. The minimum absolute atomic E-state index is 0.0462. The van der Waals surface area contributed by atoms with Gasteiger partial charge < -0.3 is 20.3 Å². The second-order valence-corrected chi connectivity index (χ2v) is 7.04. The number of carbonyl (C=O) groups is 2. The number of nitrogens with one attached hydrogen (secondary N) is 2. The Morgan fingerprint density at radius 3 is 2.74 bits per heavy atom. The number of thioether (sulfide) groups is 1. The van der Waals surface area contributed by atoms with Crippen molar-refractivity contribution in [2.75, 3.05) is 18.1 Å². The molecule has 0 radical (unpaired) electrons. The smallest absolute Gasteiger partial charge is 0.313 e. The normalized spacial score (nSPS) is 12.0. The number of aromatic nitrogens is 1. The number of aryl methyl sites for hydroxylation is 1. The van der Waals surface area contributed by atoms with Crippen LogP contribution in [0.25, 0.3) is 10.9 Å². The maximum atomic E-state index is 12.0. The van der Waals surface area contributed by atoms with Gasteiger partial charge in [0, 0.05) is 35.9 Å². The minimum Gasteiger partial charge on any atom is -0.387 e. The van der Waals surface area contributed by atoms with Gasteiger partial charge in [-0.1, -0.05) is 12.1 Å². The van der Waals surface area contributed by atoms with Gasteiger partial charge >= 0.3 is 11.8 Å². The van der Waals surface area contributed by atoms with Gasteiger partial charge in [0.25, 0.3) is 0 Å². The fourth-order valence-corrected chi connectivity index (χ4v) is 3.24. The molecule has 3 rings (SSSR count). The van der Waals surface area contributed by atoms with Crippen LogP contribution in [0.5, 0.6) is 0 Å². The van der Waals surface area contributed by atoms with Crippen molar-refractivity contribution in [2.24, 2.45) is 7.05 Å². The number of hydrogen-bond donors (Lipinski definition) is 3. The summed E-state index contributed by atoms with van der Waals surface area (Å²) in [6.45, 7) is -0.0462. The van der Waals surface area contributed by atoms with Crippen molar-refractivity contribution in [1.29, 1.82) is 0 Å². The van der Waals surface area contributed by atoms with E-state index in [1.807, 2.05) is 60.5 Å². The van der Waals surface area contributed by atoms with E-state index in [-0.39, 0.29) is 6.54 Å². The Hall–Kier alpha value is -2.77. The molecular formula is C20H21N3O3S. The summed E-state index contributed by atoms with van der Waals surface area (Å²) in [5.74, 6) is -1.55. The molecule has 0 fully saturated rings. The zero-order valence-corrected chi connectivity index (χ0v) is 15.9. The predicted molar refractivity (Wildman–Crippen MR) is 108 cm³/mol. The van der Waals surface area contributed by atoms with Crippen LogP contribution in [-0.4, -0.2) is 34.3 Å². The Balaban J connectivity index is 1.57. The van der Waals surface area contributed by atoms with Crippen LogP contribution in [0.1, 0.15) is 11.7 Å². The number of nitrogens with zero attached hydrogens (tertiary/aromatic N) is 1. The van der Waals surface area contributed by atoms with Crippen molar-refractivity contribution >= 4 is 40.2 Å². The van der Waals surface area contributed by atoms with Gasteiger partial charge in [0.05, 0.1) is 6.10 Å². The highest BCUT2D eigenvalue weighted by Crippen LogP contribution is 2.21. The number of aliphatic hydroxyl groups excluding tert-OH is 1. The molecule has 3 aromatic rings. The van der Waals surface area contributed by atoms with Crippen molar-refractivity contribution in [3.63, 3.8) is 0 Å². The number of fused-ring (bicyclic) bond motifs is 1. The van der Waals surface area contributed by atoms with Crippen LogP contribution in [0.4, 0.5) is 5.69 Å². The molecule has 1 unspecified atom stereocenters. The highest BCUT2D eigenvalue weighted by Gasteiger charge is 2.16. The zero-order valence-electron chi connectivity index (χ0n) is 15.1. The van der Waals surface area contributed by atoms with Gasteiger partial charge in [-0.05, 0) is 53.6 Å². The molecule has 7 heteroatoms. The summed E-state index contributed by atoms with van der Waals surface area (Å²) < 4.78 is 1.99. The maximum Gasteiger partial charge on any atom is 0.313 e. The molecule has 1 heterocycles. The molecule has 1 aromatic heterocycles. The van der Waals surface area contributed by atoms with E-state index in [2.05, 4.69) is 10.6 Å². The number of aliphatic hydroxyl groups is 1. The summed E-state index contributed by atoms with van der Waals surface area (Å²) in [7, 11) is 1.95. The highest BCUT2D eigenvalue weighted by atomic mass is 32.2. The molecule has 27 heavy (non-hydrogen) atoms. The second-order valence-electron chi connectivity index (χ2n) is 6.16. The van der Waals surface area contributed by atoms with Gasteiger partial charge in [-0.3, -0.25) is 9.59 Å². The largest absolute Gasteiger partial charge is 0.387 e. The SMILES string of the molecule is CSc1cccc(NC(=O)C(=O)NCC(O)c2ccc3c(ccn3C)c2)c1. The summed E-state index contributed by atoms with van der Waals surface area (Å²) in [6, 6.07) is 14.8. The van der Waals surface area contributed by atoms with Crippen LogP contribution in [0.15, 0.2) is 59.6 Å². The van der Waals surface area contributed by atoms with Crippen LogP contribution in [-0.2, 0) is 16.6 Å². The van der Waals surface area contributed by atoms with Crippen molar-refractivity contribution in [2.45, 2.75) is 11.0 Å². The lowest BCUT2D eigenvalue weighted by Crippen LogP contribution is -2.37. The first kappa shape index (κ1) is 19.0. The van der Waals surface area contributed by atoms with Crippen molar-refractivity contribution in [1.82, 2.24) is 9.88 Å². The summed E-state index contributed by atoms with van der Waals surface area (Å²) in [6.07, 6.45) is 2.98. The van der Waals surface area contributed by atoms with E-state index in [1.54, 1.807) is 23.9 Å². The number of carbonyl (C=O) groups excluding carboxylic acids is 2. The lowest BCUT2D eigenvalue weighted by Gasteiger charge is -2.13. The van der Waals surface area contributed by atoms with Crippen molar-refractivity contribution in [3.05, 3.63) is 60.3 Å². The molecule has 0 saturated heterocycles. The van der Waals surface area contributed by atoms with E-state index in [0.717, 1.165) is 15.8 Å². The van der Waals surface area contributed by atoms with Gasteiger partial charge in [0.2, 0.25) is 0 Å². The minimum atomic E-state index is -0.897. The molecule has 0 aliphatic carbocycles. The third-order valence-electron chi connectivity index (χ3n) is 4.28. The van der Waals surface area contributed by atoms with Gasteiger partial charge in [0.15, 0.2) is 0 Å². The quantitative estimate of drug-likeness (QED) is 0.467. The number of hydrogen-bond acceptors (Lipinski definition) is 4. The Morgan fingerprint density at radius 1 is 1.15 bits per heavy atom. The van der Waals surface area contributed by atoms with Gasteiger partial charge in [-0.2, -0.15) is 0 Å². The Bertz CT molecular complexity index is 984. The van der Waals surface area contributed by atoms with E-state index in [1.165, 1.54) is 0 Å². The predicted octanol–water partition coefficient (Wildman–Crippen LogP) is 2.69. The van der Waals surface area contributed by atoms with Crippen LogP contribution >= 0.6 is 11.8 Å². The highest BCUT2D eigenvalue weighted by molar-refractivity contribution is 7.98. The summed E-state index contributed by atoms with van der Waals surface area (Å²) in [4.78, 5) is 25.0. The fourth-order valence-electron chi connectivity index (χ4n) is 2.78. The Labute approximate surface area is 161 Å². The van der Waals surface area contributed by atoms with E-state index >= 15 is 0 Å². The van der Waals surface area contributed by atoms with E-state index in [9.17, 15) is 14.7 Å². The molecule has 0 aliphatic rings. The first-order valence-electron chi connectivity index (χ1n) is 8.44. The zero-order chi connectivity index (χ0) is 19.4. The van der Waals surface area contributed by atoms with Gasteiger partial charge in [0.1, 0.15) is 0 Å². The second kappa shape index (κ2) is 8.28. The lowest BCUT2D eigenvalue weighted by molar-refractivity contribution is -0.136. The maximum absolute atomic E-state index is 12.0. The lowest BCUT2D eigenvalue weighted by atomic mass is 10.1. The molecular weight excluding hydrogens is 362 g/mol. The topological polar surface area (TPSA) is 83.4 Å². The fraction of sp³-hybridized carbons (Fsp3) is 0.200. The van der Waals surface area contributed by atoms with E-state index in [0.29, 0.717) is 11.3 Å². The third-order valence-corrected chi connectivity index (χ3v) is 5.01. The van der Waals surface area contributed by atoms with E-state index in [4.69, 9.17) is 0 Å². The van der Waals surface area contributed by atoms with E-state index < -0.39 is 17.9 Å². The van der Waals surface area contributed by atoms with Crippen molar-refractivity contribution in [3.8, 4) is 0 Å². The molecule has 3 N–H and O–H groups in total. The van der Waals surface area contributed by atoms with Crippen molar-refractivity contribution < 1.29 is 14.7 Å². The number of rotatable bonds is 5. The summed E-state index contributed by atoms with van der Waals surface area (Å²) >= 11 is 1.55. The third kappa shape index (κ3) is 4.50. The average molecular weight is 383 g/mol. The average Bonchev–Trinajstić information content (AvgIpc) is 3.06. The van der Waals surface area contributed by atoms with Gasteiger partial charge in [-0.25, -0.2) is 0 Å². The molecule has 140 valence electrons. The van der Waals surface area contributed by atoms with Crippen LogP contribution in [0.3, 0.4) is 0 Å². The van der Waals surface area contributed by atoms with Crippen LogP contribution in [0, 0.1) is 0 Å². The molecule has 0 aliphatic heterocycles. The number of anilines is 1. The number of benzene rings is 2.